The van der Waals surface area contributed by atoms with E-state index in [0.29, 0.717) is 10.8 Å². The van der Waals surface area contributed by atoms with E-state index < -0.39 is 10.0 Å². The first-order chi connectivity index (χ1) is 12.8. The maximum atomic E-state index is 13.0. The Hall–Kier alpha value is -0.760. The van der Waals surface area contributed by atoms with Gasteiger partial charge in [0, 0.05) is 16.2 Å². The Kier molecular flexibility index (Phi) is 7.11. The van der Waals surface area contributed by atoms with Gasteiger partial charge in [-0.05, 0) is 37.8 Å². The Balaban J connectivity index is 1.90. The van der Waals surface area contributed by atoms with Crippen molar-refractivity contribution < 1.29 is 13.2 Å². The molecule has 3 rings (SSSR count). The highest BCUT2D eigenvalue weighted by Crippen LogP contribution is 2.38. The minimum absolute atomic E-state index is 0.0741. The van der Waals surface area contributed by atoms with Crippen LogP contribution in [0.1, 0.15) is 74.6 Å². The molecule has 2 aliphatic rings. The zero-order chi connectivity index (χ0) is 19.4. The average Bonchev–Trinajstić information content (AvgIpc) is 2.62. The molecule has 1 aromatic rings. The minimum Gasteiger partial charge on any atom is -0.349 e. The molecule has 1 aromatic carbocycles. The van der Waals surface area contributed by atoms with Crippen LogP contribution in [0, 0.1) is 0 Å². The molecule has 2 saturated carbocycles. The summed E-state index contributed by atoms with van der Waals surface area (Å²) in [5.41, 5.74) is 0.365. The highest BCUT2D eigenvalue weighted by molar-refractivity contribution is 8.00. The highest BCUT2D eigenvalue weighted by atomic mass is 35.5. The van der Waals surface area contributed by atoms with Crippen molar-refractivity contribution in [1.29, 1.82) is 0 Å². The molecule has 0 heterocycles. The third-order valence-corrected chi connectivity index (χ3v) is 8.14. The smallest absolute Gasteiger partial charge is 0.252 e. The van der Waals surface area contributed by atoms with Crippen LogP contribution in [0.15, 0.2) is 21.9 Å². The largest absolute Gasteiger partial charge is 0.349 e. The van der Waals surface area contributed by atoms with Gasteiger partial charge in [0.05, 0.1) is 10.6 Å². The van der Waals surface area contributed by atoms with Gasteiger partial charge in [-0.2, -0.15) is 0 Å². The van der Waals surface area contributed by atoms with Crippen LogP contribution in [0.4, 0.5) is 0 Å². The molecule has 8 heteroatoms. The normalized spacial score (nSPS) is 19.8. The summed E-state index contributed by atoms with van der Waals surface area (Å²) in [6, 6.07) is 3.09. The first-order valence-electron chi connectivity index (χ1n) is 9.68. The van der Waals surface area contributed by atoms with E-state index in [9.17, 15) is 13.2 Å². The van der Waals surface area contributed by atoms with Crippen LogP contribution in [-0.2, 0) is 10.0 Å². The molecule has 0 bridgehead atoms. The van der Waals surface area contributed by atoms with E-state index in [1.807, 2.05) is 0 Å². The Morgan fingerprint density at radius 3 is 2.22 bits per heavy atom. The molecular formula is C19H27ClN2O3S2. The number of rotatable bonds is 5. The van der Waals surface area contributed by atoms with E-state index in [0.717, 1.165) is 43.4 Å². The van der Waals surface area contributed by atoms with Gasteiger partial charge in [0.1, 0.15) is 4.90 Å². The average molecular weight is 431 g/mol. The summed E-state index contributed by atoms with van der Waals surface area (Å²) in [6.45, 7) is 0. The fourth-order valence-corrected chi connectivity index (χ4v) is 6.46. The summed E-state index contributed by atoms with van der Waals surface area (Å²) in [6.07, 6.45) is 11.2. The van der Waals surface area contributed by atoms with Crippen molar-refractivity contribution in [1.82, 2.24) is 5.32 Å². The molecule has 0 atom stereocenters. The number of hydrogen-bond acceptors (Lipinski definition) is 4. The molecular weight excluding hydrogens is 404 g/mol. The van der Waals surface area contributed by atoms with Gasteiger partial charge in [-0.25, -0.2) is 13.6 Å². The second-order valence-electron chi connectivity index (χ2n) is 7.51. The minimum atomic E-state index is -3.99. The zero-order valence-corrected chi connectivity index (χ0v) is 17.8. The molecule has 0 aromatic heterocycles. The van der Waals surface area contributed by atoms with Crippen molar-refractivity contribution in [3.05, 3.63) is 22.7 Å². The molecule has 150 valence electrons. The Morgan fingerprint density at radius 1 is 1.04 bits per heavy atom. The van der Waals surface area contributed by atoms with Gasteiger partial charge in [-0.1, -0.05) is 50.1 Å². The van der Waals surface area contributed by atoms with Crippen LogP contribution in [0.3, 0.4) is 0 Å². The van der Waals surface area contributed by atoms with Crippen molar-refractivity contribution in [2.24, 2.45) is 5.14 Å². The van der Waals surface area contributed by atoms with Crippen molar-refractivity contribution in [2.75, 3.05) is 0 Å². The number of benzene rings is 1. The van der Waals surface area contributed by atoms with Crippen molar-refractivity contribution in [2.45, 2.75) is 85.3 Å². The van der Waals surface area contributed by atoms with Gasteiger partial charge in [-0.15, -0.1) is 11.8 Å². The SMILES string of the molecule is NS(=O)(=O)c1cc(C(=O)NC2CCCCC2)c(SC2CCCCC2)cc1Cl. The van der Waals surface area contributed by atoms with E-state index in [1.54, 1.807) is 17.8 Å². The topological polar surface area (TPSA) is 89.3 Å². The molecule has 1 amide bonds. The highest BCUT2D eigenvalue weighted by Gasteiger charge is 2.25. The summed E-state index contributed by atoms with van der Waals surface area (Å²) in [5, 5.41) is 8.88. The molecule has 27 heavy (non-hydrogen) atoms. The predicted molar refractivity (Wildman–Crippen MR) is 110 cm³/mol. The van der Waals surface area contributed by atoms with Gasteiger partial charge >= 0.3 is 0 Å². The van der Waals surface area contributed by atoms with Gasteiger partial charge in [0.25, 0.3) is 5.91 Å². The number of nitrogens with two attached hydrogens (primary N) is 1. The van der Waals surface area contributed by atoms with Gasteiger partial charge in [0.15, 0.2) is 0 Å². The summed E-state index contributed by atoms with van der Waals surface area (Å²) in [7, 11) is -3.99. The van der Waals surface area contributed by atoms with Crippen LogP contribution in [0.2, 0.25) is 5.02 Å². The zero-order valence-electron chi connectivity index (χ0n) is 15.4. The van der Waals surface area contributed by atoms with Crippen LogP contribution in [0.25, 0.3) is 0 Å². The molecule has 2 aliphatic carbocycles. The second-order valence-corrected chi connectivity index (χ2v) is 10.8. The molecule has 2 fully saturated rings. The Bertz CT molecular complexity index is 786. The van der Waals surface area contributed by atoms with Crippen molar-refractivity contribution in [3.8, 4) is 0 Å². The van der Waals surface area contributed by atoms with Crippen LogP contribution in [0.5, 0.6) is 0 Å². The maximum absolute atomic E-state index is 13.0. The van der Waals surface area contributed by atoms with Crippen LogP contribution in [-0.4, -0.2) is 25.6 Å². The lowest BCUT2D eigenvalue weighted by molar-refractivity contribution is 0.0924. The molecule has 5 nitrogen and oxygen atoms in total. The number of carbonyl (C=O) groups is 1. The van der Waals surface area contributed by atoms with Crippen molar-refractivity contribution >= 4 is 39.3 Å². The van der Waals surface area contributed by atoms with Crippen LogP contribution >= 0.6 is 23.4 Å². The molecule has 0 unspecified atom stereocenters. The Morgan fingerprint density at radius 2 is 1.63 bits per heavy atom. The lowest BCUT2D eigenvalue weighted by Crippen LogP contribution is -2.36. The number of amides is 1. The standard InChI is InChI=1S/C19H27ClN2O3S2/c20-16-12-17(26-14-9-5-2-6-10-14)15(11-18(16)27(21,24)25)19(23)22-13-7-3-1-4-8-13/h11-14H,1-10H2,(H,22,23)(H2,21,24,25). The summed E-state index contributed by atoms with van der Waals surface area (Å²) >= 11 is 7.83. The Labute approximate surface area is 170 Å². The number of nitrogens with one attached hydrogen (secondary N) is 1. The number of halogens is 1. The fraction of sp³-hybridized carbons (Fsp3) is 0.632. The summed E-state index contributed by atoms with van der Waals surface area (Å²) < 4.78 is 23.7. The van der Waals surface area contributed by atoms with E-state index in [2.05, 4.69) is 5.32 Å². The first-order valence-corrected chi connectivity index (χ1v) is 12.5. The van der Waals surface area contributed by atoms with Gasteiger partial charge < -0.3 is 5.32 Å². The van der Waals surface area contributed by atoms with Crippen LogP contribution < -0.4 is 10.5 Å². The molecule has 0 aliphatic heterocycles. The first kappa shape index (κ1) is 21.0. The lowest BCUT2D eigenvalue weighted by atomic mass is 9.95. The number of hydrogen-bond donors (Lipinski definition) is 2. The molecule has 0 spiro atoms. The molecule has 0 saturated heterocycles. The number of carbonyl (C=O) groups excluding carboxylic acids is 1. The molecule has 3 N–H and O–H groups in total. The maximum Gasteiger partial charge on any atom is 0.252 e. The van der Waals surface area contributed by atoms with Gasteiger partial charge in [0.2, 0.25) is 10.0 Å². The number of thioether (sulfide) groups is 1. The van der Waals surface area contributed by atoms with E-state index in [-0.39, 0.29) is 21.9 Å². The summed E-state index contributed by atoms with van der Waals surface area (Å²) in [4.78, 5) is 13.5. The third-order valence-electron chi connectivity index (χ3n) is 5.37. The number of primary sulfonamides is 1. The van der Waals surface area contributed by atoms with E-state index in [1.165, 1.54) is 31.7 Å². The third kappa shape index (κ3) is 5.62. The predicted octanol–water partition coefficient (Wildman–Crippen LogP) is 4.47. The molecule has 0 radical (unpaired) electrons. The lowest BCUT2D eigenvalue weighted by Gasteiger charge is -2.25. The second kappa shape index (κ2) is 9.16. The quantitative estimate of drug-likeness (QED) is 0.720. The van der Waals surface area contributed by atoms with Gasteiger partial charge in [-0.3, -0.25) is 4.79 Å². The van der Waals surface area contributed by atoms with Crippen molar-refractivity contribution in [3.63, 3.8) is 0 Å². The monoisotopic (exact) mass is 430 g/mol. The van der Waals surface area contributed by atoms with E-state index in [4.69, 9.17) is 16.7 Å². The number of sulfonamides is 1. The van der Waals surface area contributed by atoms with E-state index >= 15 is 0 Å². The fourth-order valence-electron chi connectivity index (χ4n) is 3.90. The summed E-state index contributed by atoms with van der Waals surface area (Å²) in [5.74, 6) is -0.234.